The molecule has 0 heterocycles. The van der Waals surface area contributed by atoms with Crippen LogP contribution in [0, 0.1) is 0 Å². The van der Waals surface area contributed by atoms with E-state index in [1.165, 1.54) is 30.8 Å². The van der Waals surface area contributed by atoms with Crippen molar-refractivity contribution in [3.8, 4) is 0 Å². The van der Waals surface area contributed by atoms with E-state index in [1.807, 2.05) is 6.26 Å². The molecule has 0 aromatic carbocycles. The summed E-state index contributed by atoms with van der Waals surface area (Å²) >= 11 is 2.53. The summed E-state index contributed by atoms with van der Waals surface area (Å²) in [6.07, 6.45) is 2.27. The Hall–Kier alpha value is -1.95. The van der Waals surface area contributed by atoms with Crippen LogP contribution < -0.4 is 10.6 Å². The first-order chi connectivity index (χ1) is 11.2. The predicted molar refractivity (Wildman–Crippen MR) is 97.3 cm³/mol. The molecule has 0 spiro atoms. The van der Waals surface area contributed by atoms with Gasteiger partial charge in [0.1, 0.15) is 5.04 Å². The van der Waals surface area contributed by atoms with E-state index in [2.05, 4.69) is 30.6 Å². The van der Waals surface area contributed by atoms with Crippen molar-refractivity contribution in [3.63, 3.8) is 0 Å². The number of amides is 3. The third kappa shape index (κ3) is 12.6. The van der Waals surface area contributed by atoms with Gasteiger partial charge in [-0.2, -0.15) is 0 Å². The van der Waals surface area contributed by atoms with Crippen molar-refractivity contribution < 1.29 is 24.1 Å². The van der Waals surface area contributed by atoms with Crippen LogP contribution in [0.15, 0.2) is 10.3 Å². The fourth-order valence-corrected chi connectivity index (χ4v) is 1.25. The first-order valence-electron chi connectivity index (χ1n) is 6.43. The number of thioether (sulfide) groups is 2. The number of nitrogens with zero attached hydrogens (tertiary/aromatic N) is 3. The van der Waals surface area contributed by atoms with Gasteiger partial charge in [-0.3, -0.25) is 14.5 Å². The molecule has 0 aliphatic rings. The Morgan fingerprint density at radius 2 is 1.38 bits per heavy atom. The molecule has 3 amide bonds. The summed E-state index contributed by atoms with van der Waals surface area (Å²) in [6.45, 7) is 1.76. The second-order valence-corrected chi connectivity index (χ2v) is 5.67. The number of hydrogen-bond acceptors (Lipinski definition) is 9. The van der Waals surface area contributed by atoms with Crippen molar-refractivity contribution in [2.45, 2.75) is 6.92 Å². The summed E-state index contributed by atoms with van der Waals surface area (Å²) in [5.74, 6) is -0.304. The molecule has 0 unspecified atom stereocenters. The molecule has 2 N–H and O–H groups in total. The van der Waals surface area contributed by atoms with Gasteiger partial charge in [0.2, 0.25) is 5.04 Å². The third-order valence-corrected chi connectivity index (χ3v) is 3.26. The molecular formula is C12H23N5O5S2. The van der Waals surface area contributed by atoms with Gasteiger partial charge in [0.25, 0.3) is 5.91 Å². The van der Waals surface area contributed by atoms with Crippen molar-refractivity contribution in [2.24, 2.45) is 10.3 Å². The molecule has 0 aliphatic carbocycles. The molecule has 0 rings (SSSR count). The average molecular weight is 381 g/mol. The van der Waals surface area contributed by atoms with Gasteiger partial charge in [0, 0.05) is 28.2 Å². The zero-order valence-electron chi connectivity index (χ0n) is 14.7. The molecule has 12 heteroatoms. The minimum Gasteiger partial charge on any atom is -0.343 e. The highest BCUT2D eigenvalue weighted by Crippen LogP contribution is 2.02. The number of oxime groups is 2. The van der Waals surface area contributed by atoms with Gasteiger partial charge in [-0.1, -0.05) is 10.3 Å². The molecule has 0 aromatic heterocycles. The first-order valence-corrected chi connectivity index (χ1v) is 8.88. The smallest absolute Gasteiger partial charge is 0.343 e. The van der Waals surface area contributed by atoms with Crippen LogP contribution in [0.4, 0.5) is 9.59 Å². The lowest BCUT2D eigenvalue weighted by atomic mass is 10.6. The number of nitrogens with one attached hydrogen (secondary N) is 2. The van der Waals surface area contributed by atoms with Crippen LogP contribution in [-0.2, 0) is 14.5 Å². The lowest BCUT2D eigenvalue weighted by Crippen LogP contribution is -2.28. The SMILES string of the molecule is CNC(=O)O/N=C(\C)SC.CNC(=O)ON=C(SC)C(=O)N(C)C. The summed E-state index contributed by atoms with van der Waals surface area (Å²) in [7, 11) is 6.07. The minimum absolute atomic E-state index is 0.124. The fraction of sp³-hybridized carbons (Fsp3) is 0.583. The molecule has 0 saturated carbocycles. The Bertz CT molecular complexity index is 482. The maximum Gasteiger partial charge on any atom is 0.433 e. The number of carbonyl (C=O) groups is 3. The molecule has 0 bridgehead atoms. The summed E-state index contributed by atoms with van der Waals surface area (Å²) in [5, 5.41) is 12.2. The van der Waals surface area contributed by atoms with Gasteiger partial charge >= 0.3 is 12.2 Å². The average Bonchev–Trinajstić information content (AvgIpc) is 2.59. The summed E-state index contributed by atoms with van der Waals surface area (Å²) in [5.41, 5.74) is 0. The van der Waals surface area contributed by atoms with E-state index >= 15 is 0 Å². The Balaban J connectivity index is 0. The molecule has 0 fully saturated rings. The van der Waals surface area contributed by atoms with Crippen LogP contribution in [0.2, 0.25) is 0 Å². The number of rotatable bonds is 2. The highest BCUT2D eigenvalue weighted by molar-refractivity contribution is 8.15. The molecule has 138 valence electrons. The minimum atomic E-state index is -0.705. The van der Waals surface area contributed by atoms with Crippen molar-refractivity contribution in [1.29, 1.82) is 0 Å². The van der Waals surface area contributed by atoms with Crippen molar-refractivity contribution in [1.82, 2.24) is 15.5 Å². The van der Waals surface area contributed by atoms with E-state index in [0.29, 0.717) is 5.04 Å². The van der Waals surface area contributed by atoms with E-state index in [-0.39, 0.29) is 11.0 Å². The van der Waals surface area contributed by atoms with Gasteiger partial charge in [-0.05, 0) is 19.4 Å². The normalized spacial score (nSPS) is 10.8. The Morgan fingerprint density at radius 1 is 0.917 bits per heavy atom. The second-order valence-electron chi connectivity index (χ2n) is 3.87. The zero-order chi connectivity index (χ0) is 19.1. The highest BCUT2D eigenvalue weighted by atomic mass is 32.2. The molecule has 0 saturated heterocycles. The van der Waals surface area contributed by atoms with Gasteiger partial charge in [-0.25, -0.2) is 9.59 Å². The molecule has 0 aromatic rings. The maximum atomic E-state index is 11.3. The van der Waals surface area contributed by atoms with Crippen molar-refractivity contribution >= 4 is 51.7 Å². The number of hydrogen-bond donors (Lipinski definition) is 2. The molecular weight excluding hydrogens is 358 g/mol. The van der Waals surface area contributed by atoms with Gasteiger partial charge < -0.3 is 15.5 Å². The van der Waals surface area contributed by atoms with Crippen molar-refractivity contribution in [3.05, 3.63) is 0 Å². The second kappa shape index (κ2) is 14.6. The van der Waals surface area contributed by atoms with E-state index in [9.17, 15) is 14.4 Å². The molecule has 24 heavy (non-hydrogen) atoms. The van der Waals surface area contributed by atoms with Crippen LogP contribution >= 0.6 is 23.5 Å². The standard InChI is InChI=1S/C7H13N3O3S.C5H10N2O2S/c1-8-7(12)13-9-5(14-4)6(11)10(2)3;1-4(10-3)7-9-5(8)6-2/h1-4H3,(H,8,12);1-3H3,(H,6,8)/b;7-4+. The van der Waals surface area contributed by atoms with Crippen LogP contribution in [0.5, 0.6) is 0 Å². The third-order valence-electron chi connectivity index (χ3n) is 1.95. The monoisotopic (exact) mass is 381 g/mol. The first kappa shape index (κ1) is 24.3. The Labute approximate surface area is 149 Å². The Kier molecular flexibility index (Phi) is 14.8. The zero-order valence-corrected chi connectivity index (χ0v) is 16.3. The lowest BCUT2D eigenvalue weighted by Gasteiger charge is -2.09. The van der Waals surface area contributed by atoms with Gasteiger partial charge in [-0.15, -0.1) is 23.5 Å². The Morgan fingerprint density at radius 3 is 1.71 bits per heavy atom. The highest BCUT2D eigenvalue weighted by Gasteiger charge is 2.13. The topological polar surface area (TPSA) is 122 Å². The van der Waals surface area contributed by atoms with E-state index in [1.54, 1.807) is 27.3 Å². The van der Waals surface area contributed by atoms with E-state index < -0.39 is 12.2 Å². The molecule has 0 aliphatic heterocycles. The quantitative estimate of drug-likeness (QED) is 0.318. The molecule has 0 radical (unpaired) electrons. The van der Waals surface area contributed by atoms with E-state index in [0.717, 1.165) is 11.8 Å². The number of carbonyl (C=O) groups excluding carboxylic acids is 3. The maximum absolute atomic E-state index is 11.3. The van der Waals surface area contributed by atoms with Crippen LogP contribution in [0.1, 0.15) is 6.92 Å². The molecule has 0 atom stereocenters. The summed E-state index contributed by atoms with van der Waals surface area (Å²) in [4.78, 5) is 42.5. The largest absolute Gasteiger partial charge is 0.433 e. The van der Waals surface area contributed by atoms with Gasteiger partial charge in [0.05, 0.1) is 0 Å². The molecule has 10 nitrogen and oxygen atoms in total. The van der Waals surface area contributed by atoms with E-state index in [4.69, 9.17) is 0 Å². The van der Waals surface area contributed by atoms with Gasteiger partial charge in [0.15, 0.2) is 0 Å². The van der Waals surface area contributed by atoms with Crippen molar-refractivity contribution in [2.75, 3.05) is 40.7 Å². The van der Waals surface area contributed by atoms with Crippen LogP contribution in [0.3, 0.4) is 0 Å². The van der Waals surface area contributed by atoms with Crippen LogP contribution in [0.25, 0.3) is 0 Å². The fourth-order valence-electron chi connectivity index (χ4n) is 0.672. The summed E-state index contributed by atoms with van der Waals surface area (Å²) < 4.78 is 0. The predicted octanol–water partition coefficient (Wildman–Crippen LogP) is 1.15. The lowest BCUT2D eigenvalue weighted by molar-refractivity contribution is -0.121. The van der Waals surface area contributed by atoms with Crippen LogP contribution in [-0.4, -0.2) is 73.8 Å². The summed E-state index contributed by atoms with van der Waals surface area (Å²) in [6, 6.07) is 0.